The zero-order valence-corrected chi connectivity index (χ0v) is 14.9. The van der Waals surface area contributed by atoms with E-state index in [4.69, 9.17) is 4.42 Å². The van der Waals surface area contributed by atoms with E-state index in [1.807, 2.05) is 0 Å². The van der Waals surface area contributed by atoms with E-state index < -0.39 is 6.10 Å². The Hall–Kier alpha value is -1.72. The molecule has 1 heterocycles. The van der Waals surface area contributed by atoms with Crippen LogP contribution in [-0.2, 0) is 6.54 Å². The van der Waals surface area contributed by atoms with Crippen LogP contribution in [0, 0.1) is 11.7 Å². The molecule has 0 aliphatic rings. The SMILES string of the molecule is CC(C)CN(Cc1ncoc1C(C)C)CC(O)c1ccc(F)cc1. The van der Waals surface area contributed by atoms with Crippen LogP contribution in [0.2, 0.25) is 0 Å². The molecule has 0 spiro atoms. The summed E-state index contributed by atoms with van der Waals surface area (Å²) in [6.45, 7) is 10.4. The Morgan fingerprint density at radius 2 is 1.79 bits per heavy atom. The first-order valence-electron chi connectivity index (χ1n) is 8.45. The molecule has 24 heavy (non-hydrogen) atoms. The van der Waals surface area contributed by atoms with E-state index in [9.17, 15) is 9.50 Å². The van der Waals surface area contributed by atoms with Crippen molar-refractivity contribution in [3.8, 4) is 0 Å². The number of aliphatic hydroxyl groups is 1. The predicted molar refractivity (Wildman–Crippen MR) is 92.1 cm³/mol. The maximum atomic E-state index is 13.0. The van der Waals surface area contributed by atoms with E-state index in [1.165, 1.54) is 18.5 Å². The van der Waals surface area contributed by atoms with Gasteiger partial charge in [0.15, 0.2) is 6.39 Å². The van der Waals surface area contributed by atoms with Gasteiger partial charge in [0.05, 0.1) is 11.8 Å². The summed E-state index contributed by atoms with van der Waals surface area (Å²) in [5, 5.41) is 10.5. The van der Waals surface area contributed by atoms with Crippen LogP contribution in [0.1, 0.15) is 56.7 Å². The lowest BCUT2D eigenvalue weighted by Gasteiger charge is -2.26. The Labute approximate surface area is 143 Å². The van der Waals surface area contributed by atoms with Gasteiger partial charge in [-0.1, -0.05) is 39.8 Å². The van der Waals surface area contributed by atoms with E-state index >= 15 is 0 Å². The lowest BCUT2D eigenvalue weighted by molar-refractivity contribution is 0.101. The molecule has 1 aromatic heterocycles. The first kappa shape index (κ1) is 18.6. The zero-order chi connectivity index (χ0) is 17.7. The molecule has 0 fully saturated rings. The molecule has 0 amide bonds. The molecule has 0 saturated heterocycles. The molecule has 5 heteroatoms. The van der Waals surface area contributed by atoms with Gasteiger partial charge in [-0.2, -0.15) is 0 Å². The van der Waals surface area contributed by atoms with Gasteiger partial charge < -0.3 is 9.52 Å². The van der Waals surface area contributed by atoms with Crippen LogP contribution < -0.4 is 0 Å². The number of nitrogens with zero attached hydrogens (tertiary/aromatic N) is 2. The highest BCUT2D eigenvalue weighted by Crippen LogP contribution is 2.22. The summed E-state index contributed by atoms with van der Waals surface area (Å²) in [6, 6.07) is 6.01. The Morgan fingerprint density at radius 3 is 2.38 bits per heavy atom. The molecule has 1 unspecified atom stereocenters. The van der Waals surface area contributed by atoms with E-state index in [2.05, 4.69) is 37.6 Å². The standard InChI is InChI=1S/C19H27FN2O2/c1-13(2)9-22(10-17-19(14(3)4)24-12-21-17)11-18(23)15-5-7-16(20)8-6-15/h5-8,12-14,18,23H,9-11H2,1-4H3. The molecule has 1 aromatic carbocycles. The molecule has 0 aliphatic heterocycles. The molecule has 0 bridgehead atoms. The lowest BCUT2D eigenvalue weighted by Crippen LogP contribution is -2.32. The van der Waals surface area contributed by atoms with Gasteiger partial charge in [-0.05, 0) is 23.6 Å². The largest absolute Gasteiger partial charge is 0.448 e. The third-order valence-corrected chi connectivity index (χ3v) is 3.88. The van der Waals surface area contributed by atoms with Crippen molar-refractivity contribution < 1.29 is 13.9 Å². The maximum absolute atomic E-state index is 13.0. The predicted octanol–water partition coefficient (Wildman–Crippen LogP) is 4.13. The molecular formula is C19H27FN2O2. The van der Waals surface area contributed by atoms with Crippen molar-refractivity contribution in [3.05, 3.63) is 53.5 Å². The molecule has 2 aromatic rings. The van der Waals surface area contributed by atoms with Crippen molar-refractivity contribution in [3.63, 3.8) is 0 Å². The second-order valence-corrected chi connectivity index (χ2v) is 6.97. The first-order valence-corrected chi connectivity index (χ1v) is 8.45. The van der Waals surface area contributed by atoms with Gasteiger partial charge in [-0.15, -0.1) is 0 Å². The minimum atomic E-state index is -0.668. The van der Waals surface area contributed by atoms with Crippen molar-refractivity contribution in [2.24, 2.45) is 5.92 Å². The summed E-state index contributed by atoms with van der Waals surface area (Å²) >= 11 is 0. The van der Waals surface area contributed by atoms with Crippen molar-refractivity contribution in [1.82, 2.24) is 9.88 Å². The summed E-state index contributed by atoms with van der Waals surface area (Å²) in [5.74, 6) is 1.32. The number of aromatic nitrogens is 1. The van der Waals surface area contributed by atoms with Gasteiger partial charge in [0.1, 0.15) is 11.6 Å². The number of hydrogen-bond acceptors (Lipinski definition) is 4. The highest BCUT2D eigenvalue weighted by atomic mass is 19.1. The molecule has 0 saturated carbocycles. The van der Waals surface area contributed by atoms with Crippen LogP contribution in [-0.4, -0.2) is 28.1 Å². The van der Waals surface area contributed by atoms with E-state index in [0.29, 0.717) is 19.0 Å². The highest BCUT2D eigenvalue weighted by molar-refractivity contribution is 5.19. The van der Waals surface area contributed by atoms with Gasteiger partial charge in [-0.25, -0.2) is 9.37 Å². The number of hydrogen-bond donors (Lipinski definition) is 1. The highest BCUT2D eigenvalue weighted by Gasteiger charge is 2.19. The third kappa shape index (κ3) is 5.14. The number of benzene rings is 1. The molecule has 4 nitrogen and oxygen atoms in total. The summed E-state index contributed by atoms with van der Waals surface area (Å²) in [7, 11) is 0. The molecule has 132 valence electrons. The van der Waals surface area contributed by atoms with E-state index in [1.54, 1.807) is 12.1 Å². The minimum absolute atomic E-state index is 0.269. The van der Waals surface area contributed by atoms with Crippen LogP contribution in [0.3, 0.4) is 0 Å². The molecule has 1 atom stereocenters. The molecule has 1 N–H and O–H groups in total. The number of aliphatic hydroxyl groups excluding tert-OH is 1. The van der Waals surface area contributed by atoms with Crippen LogP contribution >= 0.6 is 0 Å². The summed E-state index contributed by atoms with van der Waals surface area (Å²) in [5.41, 5.74) is 1.63. The average Bonchev–Trinajstić information content (AvgIpc) is 2.95. The second-order valence-electron chi connectivity index (χ2n) is 6.97. The van der Waals surface area contributed by atoms with Gasteiger partial charge in [0.25, 0.3) is 0 Å². The number of rotatable bonds is 8. The average molecular weight is 334 g/mol. The quantitative estimate of drug-likeness (QED) is 0.788. The Morgan fingerprint density at radius 1 is 1.12 bits per heavy atom. The van der Waals surface area contributed by atoms with Crippen molar-refractivity contribution >= 4 is 0 Å². The number of oxazole rings is 1. The zero-order valence-electron chi connectivity index (χ0n) is 14.9. The lowest BCUT2D eigenvalue weighted by atomic mass is 10.1. The summed E-state index contributed by atoms with van der Waals surface area (Å²) in [4.78, 5) is 6.51. The van der Waals surface area contributed by atoms with Crippen molar-refractivity contribution in [1.29, 1.82) is 0 Å². The monoisotopic (exact) mass is 334 g/mol. The van der Waals surface area contributed by atoms with Gasteiger partial charge in [0, 0.05) is 25.6 Å². The normalized spacial score (nSPS) is 13.2. The first-order chi connectivity index (χ1) is 11.4. The van der Waals surface area contributed by atoms with Gasteiger partial charge in [0.2, 0.25) is 0 Å². The van der Waals surface area contributed by atoms with E-state index in [0.717, 1.165) is 23.6 Å². The summed E-state index contributed by atoms with van der Waals surface area (Å²) in [6.07, 6.45) is 0.813. The van der Waals surface area contributed by atoms with Gasteiger partial charge >= 0.3 is 0 Å². The summed E-state index contributed by atoms with van der Waals surface area (Å²) < 4.78 is 18.5. The second kappa shape index (κ2) is 8.40. The molecule has 2 rings (SSSR count). The minimum Gasteiger partial charge on any atom is -0.448 e. The van der Waals surface area contributed by atoms with Crippen molar-refractivity contribution in [2.45, 2.75) is 46.3 Å². The van der Waals surface area contributed by atoms with Gasteiger partial charge in [-0.3, -0.25) is 4.90 Å². The van der Waals surface area contributed by atoms with Crippen LogP contribution in [0.5, 0.6) is 0 Å². The Balaban J connectivity index is 2.10. The molecular weight excluding hydrogens is 307 g/mol. The smallest absolute Gasteiger partial charge is 0.181 e. The fourth-order valence-electron chi connectivity index (χ4n) is 2.83. The Bertz CT molecular complexity index is 623. The fraction of sp³-hybridized carbons (Fsp3) is 0.526. The van der Waals surface area contributed by atoms with E-state index in [-0.39, 0.29) is 11.7 Å². The molecule has 0 aliphatic carbocycles. The third-order valence-electron chi connectivity index (χ3n) is 3.88. The maximum Gasteiger partial charge on any atom is 0.181 e. The topological polar surface area (TPSA) is 49.5 Å². The van der Waals surface area contributed by atoms with Crippen LogP contribution in [0.4, 0.5) is 4.39 Å². The van der Waals surface area contributed by atoms with Crippen LogP contribution in [0.25, 0.3) is 0 Å². The molecule has 0 radical (unpaired) electrons. The van der Waals surface area contributed by atoms with Crippen LogP contribution in [0.15, 0.2) is 35.1 Å². The fourth-order valence-corrected chi connectivity index (χ4v) is 2.83. The Kier molecular flexibility index (Phi) is 6.52. The number of halogens is 1. The van der Waals surface area contributed by atoms with Crippen molar-refractivity contribution in [2.75, 3.05) is 13.1 Å².